The Morgan fingerprint density at radius 1 is 0.571 bits per heavy atom. The summed E-state index contributed by atoms with van der Waals surface area (Å²) < 4.78 is 0.146. The Morgan fingerprint density at radius 2 is 1.00 bits per heavy atom. The molecule has 0 aliphatic heterocycles. The van der Waals surface area contributed by atoms with E-state index >= 15 is 0 Å². The SMILES string of the molecule is Cc1cc(C(C)(C)C)c(C[CH](c2c(C(C)(C)C)cc(C)c3c2Cc2cc(C(C)(C)C)ccc2-3)[Zr]([Cl])[Cl])c2c1-c1ccc(C(C)(C)C)cc1C2. The third kappa shape index (κ3) is 6.73. The average Bonchev–Trinajstić information content (AvgIpc) is 3.54. The standard InChI is InChI=1S/C46H57.2ClH.Zr/c1-27-21-39(45(9,10)11)35(37-25-29-23-31(43(3,4)5)15-17-33(29)41(27)37)19-20-36-38-26-30-24-32(44(6,7)8)16-18-34(30)42(38)28(2)22-40(36)46(12,13)14;;;/h15-19,21-24H,20,25-26H2,1-14H3;2*1H;/q;;;+2/p-2. The number of rotatable bonds is 4. The summed E-state index contributed by atoms with van der Waals surface area (Å²) in [6.07, 6.45) is 2.83. The number of halogens is 2. The molecule has 0 heterocycles. The van der Waals surface area contributed by atoms with Gasteiger partial charge in [-0.15, -0.1) is 0 Å². The molecule has 0 radical (unpaired) electrons. The first-order valence-electron chi connectivity index (χ1n) is 18.3. The topological polar surface area (TPSA) is 0 Å². The first-order valence-corrected chi connectivity index (χ1v) is 26.0. The van der Waals surface area contributed by atoms with Crippen molar-refractivity contribution in [3.8, 4) is 22.3 Å². The molecule has 0 spiro atoms. The van der Waals surface area contributed by atoms with Gasteiger partial charge in [-0.25, -0.2) is 0 Å². The Kier molecular flexibility index (Phi) is 9.46. The average molecular weight is 772 g/mol. The van der Waals surface area contributed by atoms with Gasteiger partial charge >= 0.3 is 315 Å². The van der Waals surface area contributed by atoms with E-state index in [2.05, 4.69) is 145 Å². The molecule has 0 saturated heterocycles. The summed E-state index contributed by atoms with van der Waals surface area (Å²) in [5.74, 6) is 0. The maximum absolute atomic E-state index is 7.46. The van der Waals surface area contributed by atoms with E-state index in [0.717, 1.165) is 19.3 Å². The molecule has 0 saturated carbocycles. The van der Waals surface area contributed by atoms with Crippen molar-refractivity contribution >= 4 is 17.0 Å². The zero-order chi connectivity index (χ0) is 36.2. The minimum atomic E-state index is -2.95. The van der Waals surface area contributed by atoms with Crippen LogP contribution in [0.3, 0.4) is 0 Å². The zero-order valence-corrected chi connectivity index (χ0v) is 36.5. The summed E-state index contributed by atoms with van der Waals surface area (Å²) in [6, 6.07) is 19.4. The van der Waals surface area contributed by atoms with E-state index in [1.54, 1.807) is 0 Å². The molecule has 2 aliphatic carbocycles. The van der Waals surface area contributed by atoms with Gasteiger partial charge in [0.25, 0.3) is 0 Å². The van der Waals surface area contributed by atoms with Gasteiger partial charge in [0.2, 0.25) is 0 Å². The van der Waals surface area contributed by atoms with Crippen LogP contribution in [0.4, 0.5) is 0 Å². The van der Waals surface area contributed by atoms with E-state index in [9.17, 15) is 0 Å². The third-order valence-corrected chi connectivity index (χ3v) is 16.9. The fraction of sp³-hybridized carbons (Fsp3) is 0.478. The van der Waals surface area contributed by atoms with Gasteiger partial charge in [-0.05, 0) is 0 Å². The van der Waals surface area contributed by atoms with Gasteiger partial charge in [0.05, 0.1) is 0 Å². The second kappa shape index (κ2) is 12.5. The molecule has 0 bridgehead atoms. The van der Waals surface area contributed by atoms with Crippen molar-refractivity contribution in [2.45, 2.75) is 141 Å². The summed E-state index contributed by atoms with van der Waals surface area (Å²) in [7, 11) is 14.9. The van der Waals surface area contributed by atoms with Crippen molar-refractivity contribution < 1.29 is 19.4 Å². The molecule has 1 atom stereocenters. The van der Waals surface area contributed by atoms with Gasteiger partial charge in [0.15, 0.2) is 0 Å². The number of benzene rings is 4. The van der Waals surface area contributed by atoms with Crippen molar-refractivity contribution in [2.75, 3.05) is 0 Å². The Balaban J connectivity index is 1.57. The van der Waals surface area contributed by atoms with Crippen molar-refractivity contribution in [1.82, 2.24) is 0 Å². The molecule has 1 unspecified atom stereocenters. The molecule has 2 aliphatic rings. The van der Waals surface area contributed by atoms with Crippen molar-refractivity contribution in [3.63, 3.8) is 0 Å². The van der Waals surface area contributed by atoms with Gasteiger partial charge in [-0.1, -0.05) is 0 Å². The monoisotopic (exact) mass is 769 g/mol. The second-order valence-corrected chi connectivity index (χ2v) is 28.3. The van der Waals surface area contributed by atoms with Gasteiger partial charge in [-0.3, -0.25) is 0 Å². The van der Waals surface area contributed by atoms with E-state index in [1.807, 2.05) is 0 Å². The number of hydrogen-bond acceptors (Lipinski definition) is 0. The molecule has 4 aromatic carbocycles. The van der Waals surface area contributed by atoms with Crippen LogP contribution in [0.25, 0.3) is 22.3 Å². The van der Waals surface area contributed by atoms with Crippen LogP contribution in [0, 0.1) is 13.8 Å². The number of aryl methyl sites for hydroxylation is 2. The van der Waals surface area contributed by atoms with Crippen LogP contribution >= 0.6 is 17.0 Å². The third-order valence-electron chi connectivity index (χ3n) is 11.3. The van der Waals surface area contributed by atoms with Crippen molar-refractivity contribution in [1.29, 1.82) is 0 Å². The summed E-state index contributed by atoms with van der Waals surface area (Å²) in [6.45, 7) is 32.8. The quantitative estimate of drug-likeness (QED) is 0.167. The minimum absolute atomic E-state index is 0.00512. The molecule has 0 nitrogen and oxygen atoms in total. The second-order valence-electron chi connectivity index (χ2n) is 19.2. The van der Waals surface area contributed by atoms with E-state index < -0.39 is 19.4 Å². The van der Waals surface area contributed by atoms with Crippen LogP contribution in [-0.2, 0) is 60.3 Å². The van der Waals surface area contributed by atoms with Crippen molar-refractivity contribution in [2.24, 2.45) is 0 Å². The molecule has 49 heavy (non-hydrogen) atoms. The summed E-state index contributed by atoms with van der Waals surface area (Å²) >= 11 is -2.95. The van der Waals surface area contributed by atoms with E-state index in [-0.39, 0.29) is 25.3 Å². The maximum atomic E-state index is 7.46. The summed E-state index contributed by atoms with van der Waals surface area (Å²) in [5, 5.41) is 0. The Morgan fingerprint density at radius 3 is 1.43 bits per heavy atom. The first-order chi connectivity index (χ1) is 22.5. The van der Waals surface area contributed by atoms with Crippen LogP contribution in [0.1, 0.15) is 153 Å². The Bertz CT molecular complexity index is 1970. The van der Waals surface area contributed by atoms with Gasteiger partial charge in [0, 0.05) is 0 Å². The summed E-state index contributed by atoms with van der Waals surface area (Å²) in [4.78, 5) is 0. The number of fused-ring (bicyclic) bond motifs is 6. The molecule has 0 fully saturated rings. The molecule has 0 aromatic heterocycles. The van der Waals surface area contributed by atoms with Gasteiger partial charge in [-0.2, -0.15) is 0 Å². The fourth-order valence-electron chi connectivity index (χ4n) is 8.65. The first kappa shape index (κ1) is 37.1. The van der Waals surface area contributed by atoms with Crippen LogP contribution in [0.2, 0.25) is 0 Å². The van der Waals surface area contributed by atoms with Crippen LogP contribution in [0.5, 0.6) is 0 Å². The predicted molar refractivity (Wildman–Crippen MR) is 212 cm³/mol. The molecule has 0 N–H and O–H groups in total. The fourth-order valence-corrected chi connectivity index (χ4v) is 13.1. The molecule has 259 valence electrons. The van der Waals surface area contributed by atoms with Gasteiger partial charge in [0.1, 0.15) is 0 Å². The normalized spacial score (nSPS) is 14.8. The summed E-state index contributed by atoms with van der Waals surface area (Å²) in [5.41, 5.74) is 23.1. The van der Waals surface area contributed by atoms with Crippen LogP contribution in [0.15, 0.2) is 48.5 Å². The van der Waals surface area contributed by atoms with E-state index in [4.69, 9.17) is 17.0 Å². The zero-order valence-electron chi connectivity index (χ0n) is 32.6. The van der Waals surface area contributed by atoms with E-state index in [0.29, 0.717) is 0 Å². The molecular weight excluding hydrogens is 715 g/mol. The van der Waals surface area contributed by atoms with E-state index in [1.165, 1.54) is 89.0 Å². The predicted octanol–water partition coefficient (Wildman–Crippen LogP) is 13.8. The van der Waals surface area contributed by atoms with Gasteiger partial charge < -0.3 is 0 Å². The number of hydrogen-bond donors (Lipinski definition) is 0. The van der Waals surface area contributed by atoms with Crippen LogP contribution in [-0.4, -0.2) is 0 Å². The van der Waals surface area contributed by atoms with Crippen molar-refractivity contribution in [3.05, 3.63) is 115 Å². The Hall–Kier alpha value is -1.66. The Labute approximate surface area is 313 Å². The molecule has 0 amide bonds. The van der Waals surface area contributed by atoms with Crippen LogP contribution < -0.4 is 0 Å². The molecule has 4 aromatic rings. The molecule has 3 heteroatoms. The molecule has 6 rings (SSSR count). The molecular formula is C46H57Cl2Zr.